The number of nitrogens with zero attached hydrogens (tertiary/aromatic N) is 9. The molecule has 534 valence electrons. The number of methoxy groups -OCH3 is 1. The van der Waals surface area contributed by atoms with E-state index in [2.05, 4.69) is 45.9 Å². The number of amides is 3. The van der Waals surface area contributed by atoms with E-state index in [4.69, 9.17) is 18.9 Å². The SMILES string of the molecule is COc1ccc(NC(=O)n2c(C)cc3c(F)c(Oc4ncnc5cc(C)c(C)cc45)ccc32)cc1.Cc1cc2ncnc(Oc3ccc4c(cc(C)n4C(=O)Nc4ccccc4C(F)(F)F)c3F)c2cc1C.Cc1cccc(NC(=O)n2c(C)cc3c(F)c(Oc4ncnc5cc(C)c(C)cc45)ccc32)c1. The van der Waals surface area contributed by atoms with Gasteiger partial charge in [-0.3, -0.25) is 13.7 Å². The Labute approximate surface area is 602 Å². The molecule has 15 aromatic rings. The number of alkyl halides is 3. The van der Waals surface area contributed by atoms with E-state index in [9.17, 15) is 27.6 Å². The van der Waals surface area contributed by atoms with Crippen LogP contribution in [0.2, 0.25) is 0 Å². The zero-order valence-corrected chi connectivity index (χ0v) is 59.0. The summed E-state index contributed by atoms with van der Waals surface area (Å²) in [6, 6.07) is 42.9. The molecule has 3 N–H and O–H groups in total. The lowest BCUT2D eigenvalue weighted by Gasteiger charge is -2.15. The summed E-state index contributed by atoms with van der Waals surface area (Å²) in [4.78, 5) is 64.5. The lowest BCUT2D eigenvalue weighted by atomic mass is 10.1. The number of carbonyl (C=O) groups excluding carboxylic acids is 3. The normalized spacial score (nSPS) is 11.4. The Hall–Kier alpha value is -13.2. The van der Waals surface area contributed by atoms with Crippen molar-refractivity contribution in [2.75, 3.05) is 23.1 Å². The van der Waals surface area contributed by atoms with E-state index in [0.29, 0.717) is 72.3 Å². The summed E-state index contributed by atoms with van der Waals surface area (Å²) in [5.74, 6) is -0.541. The minimum absolute atomic E-state index is 0.0171. The molecule has 19 nitrogen and oxygen atoms in total. The van der Waals surface area contributed by atoms with Gasteiger partial charge in [0.1, 0.15) is 24.7 Å². The number of benzene rings is 9. The number of fused-ring (bicyclic) bond motifs is 6. The molecule has 9 aromatic carbocycles. The summed E-state index contributed by atoms with van der Waals surface area (Å²) in [5.41, 5.74) is 11.9. The van der Waals surface area contributed by atoms with Gasteiger partial charge in [0.2, 0.25) is 17.6 Å². The zero-order valence-electron chi connectivity index (χ0n) is 59.0. The molecule has 0 atom stereocenters. The lowest BCUT2D eigenvalue weighted by molar-refractivity contribution is -0.136. The van der Waals surface area contributed by atoms with Crippen LogP contribution in [0.3, 0.4) is 0 Å². The molecule has 0 spiro atoms. The third kappa shape index (κ3) is 14.2. The highest BCUT2D eigenvalue weighted by molar-refractivity contribution is 6.03. The second kappa shape index (κ2) is 28.9. The topological polar surface area (TPSA) is 216 Å². The summed E-state index contributed by atoms with van der Waals surface area (Å²) in [7, 11) is 1.57. The van der Waals surface area contributed by atoms with Crippen molar-refractivity contribution in [3.63, 3.8) is 0 Å². The van der Waals surface area contributed by atoms with Crippen LogP contribution in [0, 0.1) is 86.7 Å². The van der Waals surface area contributed by atoms with Crippen molar-refractivity contribution >= 4 is 101 Å². The van der Waals surface area contributed by atoms with Crippen molar-refractivity contribution in [3.05, 3.63) is 262 Å². The maximum absolute atomic E-state index is 15.5. The number of anilines is 3. The molecule has 15 rings (SSSR count). The molecule has 0 radical (unpaired) electrons. The highest BCUT2D eigenvalue weighted by Gasteiger charge is 2.34. The maximum Gasteiger partial charge on any atom is 0.418 e. The fraction of sp³-hybridized carbons (Fsp3) is 0.148. The number of nitrogens with one attached hydrogen (secondary N) is 3. The Kier molecular flexibility index (Phi) is 19.4. The van der Waals surface area contributed by atoms with E-state index in [0.717, 1.165) is 66.7 Å². The number of halogens is 6. The summed E-state index contributed by atoms with van der Waals surface area (Å²) in [6.45, 7) is 18.9. The highest BCUT2D eigenvalue weighted by Crippen LogP contribution is 2.40. The van der Waals surface area contributed by atoms with Crippen LogP contribution in [-0.4, -0.2) is 68.8 Å². The highest BCUT2D eigenvalue weighted by atomic mass is 19.4. The van der Waals surface area contributed by atoms with Gasteiger partial charge in [0.05, 0.1) is 67.6 Å². The monoisotopic (exact) mass is 1430 g/mol. The van der Waals surface area contributed by atoms with Crippen LogP contribution in [0.4, 0.5) is 57.8 Å². The first-order valence-electron chi connectivity index (χ1n) is 33.1. The van der Waals surface area contributed by atoms with Gasteiger partial charge in [0.25, 0.3) is 0 Å². The van der Waals surface area contributed by atoms with Crippen molar-refractivity contribution in [1.82, 2.24) is 43.6 Å². The second-order valence-electron chi connectivity index (χ2n) is 25.4. The van der Waals surface area contributed by atoms with Crippen LogP contribution in [0.5, 0.6) is 40.6 Å². The van der Waals surface area contributed by atoms with Crippen LogP contribution >= 0.6 is 0 Å². The number of aryl methyl sites for hydroxylation is 10. The standard InChI is InChI=1S/C27H20F4N4O2.C27H23FN4O3.C27H23FN4O2/c1-14-10-17-21(11-15(14)2)32-13-33-25(17)37-23-9-8-22-18(24(23)28)12-16(3)35(22)26(36)34-20-7-5-4-6-19(20)27(29,30)31;1-15-11-20-22(12-16(15)2)29-14-30-26(20)35-24-10-9-23-21(25(24)28)13-17(3)32(23)27(33)31-18-5-7-19(34-4)8-6-18;1-15-6-5-7-19(10-15)31-27(33)32-18(4)13-21-23(32)8-9-24(25(21)28)34-26-20-11-16(2)17(3)12-22(20)29-14-30-26/h4-13H,1-3H3,(H,34,36);5-14H,1-4H3,(H,31,33);5-14H,1-4H3,(H,31,33). The zero-order chi connectivity index (χ0) is 75.2. The minimum atomic E-state index is -4.65. The average molecular weight is 1430 g/mol. The fourth-order valence-electron chi connectivity index (χ4n) is 12.3. The number of aromatic nitrogens is 9. The minimum Gasteiger partial charge on any atom is -0.497 e. The molecule has 3 amide bonds. The van der Waals surface area contributed by atoms with Gasteiger partial charge < -0.3 is 34.9 Å². The molecule has 6 aromatic heterocycles. The molecule has 106 heavy (non-hydrogen) atoms. The molecule has 0 saturated heterocycles. The van der Waals surface area contributed by atoms with Gasteiger partial charge in [-0.2, -0.15) is 13.2 Å². The van der Waals surface area contributed by atoms with E-state index in [1.165, 1.54) is 70.6 Å². The van der Waals surface area contributed by atoms with Gasteiger partial charge in [0.15, 0.2) is 34.7 Å². The Balaban J connectivity index is 0.000000141. The van der Waals surface area contributed by atoms with Crippen LogP contribution in [0.15, 0.2) is 183 Å². The molecule has 0 bridgehead atoms. The predicted molar refractivity (Wildman–Crippen MR) is 396 cm³/mol. The number of ether oxygens (including phenoxy) is 4. The van der Waals surface area contributed by atoms with Gasteiger partial charge in [-0.05, 0) is 248 Å². The Morgan fingerprint density at radius 3 is 1.12 bits per heavy atom. The molecular formula is C81H66F6N12O7. The van der Waals surface area contributed by atoms with Crippen molar-refractivity contribution in [3.8, 4) is 40.6 Å². The summed E-state index contributed by atoms with van der Waals surface area (Å²) in [5, 5.41) is 10.6. The summed E-state index contributed by atoms with van der Waals surface area (Å²) >= 11 is 0. The average Bonchev–Trinajstić information content (AvgIpc) is 1.61. The van der Waals surface area contributed by atoms with Crippen LogP contribution in [0.25, 0.3) is 65.4 Å². The van der Waals surface area contributed by atoms with E-state index in [1.807, 2.05) is 109 Å². The number of hydrogen-bond acceptors (Lipinski definition) is 13. The number of para-hydroxylation sites is 1. The van der Waals surface area contributed by atoms with Crippen molar-refractivity contribution in [1.29, 1.82) is 0 Å². The Morgan fingerprint density at radius 1 is 0.377 bits per heavy atom. The number of carbonyl (C=O) groups is 3. The third-order valence-electron chi connectivity index (χ3n) is 18.2. The smallest absolute Gasteiger partial charge is 0.418 e. The molecule has 0 saturated carbocycles. The lowest BCUT2D eigenvalue weighted by Crippen LogP contribution is -2.22. The van der Waals surface area contributed by atoms with Crippen molar-refractivity contribution < 1.29 is 59.7 Å². The molecule has 0 unspecified atom stereocenters. The third-order valence-corrected chi connectivity index (χ3v) is 18.2. The number of hydrogen-bond donors (Lipinski definition) is 3. The van der Waals surface area contributed by atoms with E-state index in [1.54, 1.807) is 76.4 Å². The van der Waals surface area contributed by atoms with E-state index >= 15 is 13.2 Å². The fourth-order valence-corrected chi connectivity index (χ4v) is 12.3. The van der Waals surface area contributed by atoms with Crippen molar-refractivity contribution in [2.24, 2.45) is 0 Å². The van der Waals surface area contributed by atoms with Gasteiger partial charge in [-0.25, -0.2) is 57.5 Å². The van der Waals surface area contributed by atoms with Crippen LogP contribution < -0.4 is 34.9 Å². The first kappa shape index (κ1) is 71.2. The molecule has 0 fully saturated rings. The first-order valence-corrected chi connectivity index (χ1v) is 33.1. The molecular weight excluding hydrogens is 1370 g/mol. The van der Waals surface area contributed by atoms with Gasteiger partial charge in [0, 0.05) is 44.6 Å². The van der Waals surface area contributed by atoms with E-state index < -0.39 is 46.9 Å². The largest absolute Gasteiger partial charge is 0.497 e. The Morgan fingerprint density at radius 2 is 0.745 bits per heavy atom. The molecule has 0 aliphatic carbocycles. The predicted octanol–water partition coefficient (Wildman–Crippen LogP) is 20.9. The number of rotatable bonds is 10. The molecule has 0 aliphatic heterocycles. The van der Waals surface area contributed by atoms with Crippen LogP contribution in [-0.2, 0) is 6.18 Å². The molecule has 6 heterocycles. The quantitative estimate of drug-likeness (QED) is 0.109. The summed E-state index contributed by atoms with van der Waals surface area (Å²) in [6.07, 6.45) is -0.531. The second-order valence-corrected chi connectivity index (χ2v) is 25.4. The summed E-state index contributed by atoms with van der Waals surface area (Å²) < 4.78 is 113. The first-order chi connectivity index (χ1) is 50.7. The molecule has 25 heteroatoms. The van der Waals surface area contributed by atoms with Gasteiger partial charge in [-0.15, -0.1) is 0 Å². The maximum atomic E-state index is 15.5. The Bertz CT molecular complexity index is 6030. The van der Waals surface area contributed by atoms with E-state index in [-0.39, 0.29) is 57.2 Å². The van der Waals surface area contributed by atoms with Gasteiger partial charge >= 0.3 is 24.3 Å². The van der Waals surface area contributed by atoms with Gasteiger partial charge in [-0.1, -0.05) is 24.3 Å². The van der Waals surface area contributed by atoms with Crippen molar-refractivity contribution in [2.45, 2.75) is 75.4 Å². The molecule has 0 aliphatic rings. The van der Waals surface area contributed by atoms with Crippen LogP contribution in [0.1, 0.15) is 61.6 Å².